The van der Waals surface area contributed by atoms with Crippen molar-refractivity contribution in [3.8, 4) is 0 Å². The highest BCUT2D eigenvalue weighted by atomic mass is 32.2. The van der Waals surface area contributed by atoms with E-state index in [4.69, 9.17) is 11.1 Å². The fraction of sp³-hybridized carbons (Fsp3) is 0.909. The lowest BCUT2D eigenvalue weighted by molar-refractivity contribution is 0.279. The van der Waals surface area contributed by atoms with Gasteiger partial charge >= 0.3 is 0 Å². The second-order valence-corrected chi connectivity index (χ2v) is 6.79. The Morgan fingerprint density at radius 1 is 1.44 bits per heavy atom. The van der Waals surface area contributed by atoms with E-state index in [0.717, 1.165) is 44.0 Å². The Hall–Kier alpha value is -0.420. The molecule has 0 aromatic heterocycles. The summed E-state index contributed by atoms with van der Waals surface area (Å²) in [7, 11) is -0.587. The molecule has 3 N–H and O–H groups in total. The van der Waals surface area contributed by atoms with Crippen LogP contribution in [-0.2, 0) is 10.8 Å². The summed E-state index contributed by atoms with van der Waals surface area (Å²) in [5.74, 6) is 1.90. The number of nitrogens with zero attached hydrogens (tertiary/aromatic N) is 1. The minimum Gasteiger partial charge on any atom is -0.387 e. The van der Waals surface area contributed by atoms with Gasteiger partial charge in [-0.1, -0.05) is 13.8 Å². The molecule has 94 valence electrons. The minimum atomic E-state index is -0.587. The molecule has 1 aliphatic rings. The van der Waals surface area contributed by atoms with Crippen molar-refractivity contribution in [3.05, 3.63) is 0 Å². The summed E-state index contributed by atoms with van der Waals surface area (Å²) >= 11 is 0. The second kappa shape index (κ2) is 5.77. The number of rotatable bonds is 5. The van der Waals surface area contributed by atoms with Crippen LogP contribution in [0.1, 0.15) is 26.7 Å². The van der Waals surface area contributed by atoms with E-state index in [1.807, 2.05) is 13.8 Å². The molecule has 0 spiro atoms. The molecule has 0 unspecified atom stereocenters. The largest absolute Gasteiger partial charge is 0.387 e. The van der Waals surface area contributed by atoms with Crippen molar-refractivity contribution in [2.45, 2.75) is 26.7 Å². The van der Waals surface area contributed by atoms with Gasteiger partial charge in [0.15, 0.2) is 0 Å². The molecule has 1 saturated heterocycles. The van der Waals surface area contributed by atoms with Gasteiger partial charge in [0.2, 0.25) is 0 Å². The van der Waals surface area contributed by atoms with Gasteiger partial charge in [-0.05, 0) is 19.4 Å². The average Bonchev–Trinajstić information content (AvgIpc) is 2.20. The molecule has 0 atom stereocenters. The maximum atomic E-state index is 11.2. The molecular weight excluding hydrogens is 222 g/mol. The predicted molar refractivity (Wildman–Crippen MR) is 69.2 cm³/mol. The van der Waals surface area contributed by atoms with Crippen molar-refractivity contribution in [1.29, 1.82) is 5.41 Å². The predicted octanol–water partition coefficient (Wildman–Crippen LogP) is 0.793. The second-order valence-electron chi connectivity index (χ2n) is 5.09. The molecular formula is C11H23N3OS. The Kier molecular flexibility index (Phi) is 4.92. The third-order valence-electron chi connectivity index (χ3n) is 3.28. The molecule has 1 heterocycles. The Labute approximate surface area is 101 Å². The summed E-state index contributed by atoms with van der Waals surface area (Å²) in [5.41, 5.74) is 5.36. The van der Waals surface area contributed by atoms with Crippen molar-refractivity contribution in [3.63, 3.8) is 0 Å². The molecule has 1 aliphatic heterocycles. The molecule has 0 bridgehead atoms. The fourth-order valence-electron chi connectivity index (χ4n) is 1.78. The third-order valence-corrected chi connectivity index (χ3v) is 4.55. The van der Waals surface area contributed by atoms with Crippen LogP contribution in [0.3, 0.4) is 0 Å². The molecule has 4 nitrogen and oxygen atoms in total. The van der Waals surface area contributed by atoms with Gasteiger partial charge in [0.1, 0.15) is 0 Å². The zero-order valence-electron chi connectivity index (χ0n) is 10.3. The van der Waals surface area contributed by atoms with Gasteiger partial charge in [-0.3, -0.25) is 9.62 Å². The topological polar surface area (TPSA) is 70.2 Å². The van der Waals surface area contributed by atoms with Crippen LogP contribution in [0.2, 0.25) is 0 Å². The zero-order valence-corrected chi connectivity index (χ0v) is 11.1. The highest BCUT2D eigenvalue weighted by molar-refractivity contribution is 7.85. The Bertz CT molecular complexity index is 268. The molecule has 0 saturated carbocycles. The van der Waals surface area contributed by atoms with E-state index in [1.165, 1.54) is 0 Å². The highest BCUT2D eigenvalue weighted by Crippen LogP contribution is 2.21. The van der Waals surface area contributed by atoms with E-state index in [2.05, 4.69) is 4.90 Å². The van der Waals surface area contributed by atoms with E-state index in [0.29, 0.717) is 0 Å². The van der Waals surface area contributed by atoms with E-state index < -0.39 is 10.8 Å². The molecule has 0 radical (unpaired) electrons. The lowest BCUT2D eigenvalue weighted by Gasteiger charge is -2.28. The lowest BCUT2D eigenvalue weighted by Crippen LogP contribution is -2.39. The number of hydrogen-bond acceptors (Lipinski definition) is 3. The van der Waals surface area contributed by atoms with E-state index in [-0.39, 0.29) is 11.3 Å². The monoisotopic (exact) mass is 245 g/mol. The van der Waals surface area contributed by atoms with Gasteiger partial charge in [-0.15, -0.1) is 0 Å². The van der Waals surface area contributed by atoms with Crippen LogP contribution in [0, 0.1) is 10.8 Å². The van der Waals surface area contributed by atoms with Crippen LogP contribution in [0.4, 0.5) is 0 Å². The molecule has 0 aromatic carbocycles. The molecule has 1 rings (SSSR count). The van der Waals surface area contributed by atoms with Gasteiger partial charge in [-0.25, -0.2) is 0 Å². The maximum absolute atomic E-state index is 11.2. The van der Waals surface area contributed by atoms with Crippen LogP contribution in [0.5, 0.6) is 0 Å². The number of amidine groups is 1. The average molecular weight is 245 g/mol. The fourth-order valence-corrected chi connectivity index (χ4v) is 2.91. The quantitative estimate of drug-likeness (QED) is 0.556. The molecule has 5 heteroatoms. The summed E-state index contributed by atoms with van der Waals surface area (Å²) in [6.45, 7) is 6.97. The van der Waals surface area contributed by atoms with Crippen LogP contribution in [0.15, 0.2) is 0 Å². The lowest BCUT2D eigenvalue weighted by atomic mass is 9.86. The maximum Gasteiger partial charge on any atom is 0.0963 e. The van der Waals surface area contributed by atoms with Gasteiger partial charge in [0.25, 0.3) is 0 Å². The molecule has 16 heavy (non-hydrogen) atoms. The highest BCUT2D eigenvalue weighted by Gasteiger charge is 2.22. The van der Waals surface area contributed by atoms with Crippen molar-refractivity contribution in [1.82, 2.24) is 4.90 Å². The van der Waals surface area contributed by atoms with E-state index in [1.54, 1.807) is 0 Å². The van der Waals surface area contributed by atoms with Crippen molar-refractivity contribution in [2.24, 2.45) is 11.1 Å². The first-order valence-corrected chi connectivity index (χ1v) is 7.32. The molecule has 0 aromatic rings. The first kappa shape index (κ1) is 13.6. The van der Waals surface area contributed by atoms with E-state index in [9.17, 15) is 4.21 Å². The standard InChI is InChI=1S/C11H23N3OS/c1-11(2,10(12)13)4-3-5-14-6-8-16(15)9-7-14/h3-9H2,1-2H3,(H3,12,13). The van der Waals surface area contributed by atoms with Crippen LogP contribution in [-0.4, -0.2) is 46.1 Å². The number of nitrogens with one attached hydrogen (secondary N) is 1. The first-order chi connectivity index (χ1) is 7.42. The van der Waals surface area contributed by atoms with Crippen LogP contribution < -0.4 is 5.73 Å². The van der Waals surface area contributed by atoms with E-state index >= 15 is 0 Å². The first-order valence-electron chi connectivity index (χ1n) is 5.83. The normalized spacial score (nSPS) is 19.9. The SMILES string of the molecule is CC(C)(CCCN1CCS(=O)CC1)C(=N)N. The molecule has 1 fully saturated rings. The van der Waals surface area contributed by atoms with Crippen molar-refractivity contribution < 1.29 is 4.21 Å². The summed E-state index contributed by atoms with van der Waals surface area (Å²) in [5, 5.41) is 7.47. The summed E-state index contributed by atoms with van der Waals surface area (Å²) in [6, 6.07) is 0. The zero-order chi connectivity index (χ0) is 12.2. The van der Waals surface area contributed by atoms with Gasteiger partial charge in [0, 0.05) is 40.8 Å². The van der Waals surface area contributed by atoms with Gasteiger partial charge in [-0.2, -0.15) is 0 Å². The Morgan fingerprint density at radius 2 is 2.00 bits per heavy atom. The number of nitrogens with two attached hydrogens (primary N) is 1. The summed E-state index contributed by atoms with van der Waals surface area (Å²) in [6.07, 6.45) is 2.00. The summed E-state index contributed by atoms with van der Waals surface area (Å²) in [4.78, 5) is 2.36. The van der Waals surface area contributed by atoms with Gasteiger partial charge in [0.05, 0.1) is 5.84 Å². The molecule has 0 amide bonds. The summed E-state index contributed by atoms with van der Waals surface area (Å²) < 4.78 is 11.2. The Balaban J connectivity index is 2.21. The van der Waals surface area contributed by atoms with Crippen molar-refractivity contribution >= 4 is 16.6 Å². The molecule has 0 aliphatic carbocycles. The van der Waals surface area contributed by atoms with Crippen LogP contribution in [0.25, 0.3) is 0 Å². The third kappa shape index (κ3) is 4.22. The number of hydrogen-bond donors (Lipinski definition) is 2. The van der Waals surface area contributed by atoms with Crippen LogP contribution >= 0.6 is 0 Å². The Morgan fingerprint density at radius 3 is 2.50 bits per heavy atom. The smallest absolute Gasteiger partial charge is 0.0963 e. The van der Waals surface area contributed by atoms with Crippen molar-refractivity contribution in [2.75, 3.05) is 31.1 Å². The van der Waals surface area contributed by atoms with Gasteiger partial charge < -0.3 is 10.6 Å². The minimum absolute atomic E-state index is 0.182.